The highest BCUT2D eigenvalue weighted by molar-refractivity contribution is 7.80. The number of nitrogens with two attached hydrogens (primary N) is 1. The fourth-order valence-corrected chi connectivity index (χ4v) is 5.97. The molecule has 152 valence electrons. The van der Waals surface area contributed by atoms with Crippen molar-refractivity contribution in [3.8, 4) is 5.75 Å². The van der Waals surface area contributed by atoms with Gasteiger partial charge in [-0.2, -0.15) is 0 Å². The van der Waals surface area contributed by atoms with E-state index in [1.54, 1.807) is 6.07 Å². The molecule has 1 unspecified atom stereocenters. The molecule has 28 heavy (non-hydrogen) atoms. The topological polar surface area (TPSA) is 86.8 Å². The molecule has 0 heterocycles. The second kappa shape index (κ2) is 6.78. The van der Waals surface area contributed by atoms with Gasteiger partial charge in [0.2, 0.25) is 0 Å². The van der Waals surface area contributed by atoms with Crippen molar-refractivity contribution in [1.82, 2.24) is 4.90 Å². The third-order valence-electron chi connectivity index (χ3n) is 7.64. The molecule has 3 atom stereocenters. The van der Waals surface area contributed by atoms with Gasteiger partial charge in [-0.3, -0.25) is 9.69 Å². The van der Waals surface area contributed by atoms with Gasteiger partial charge < -0.3 is 15.9 Å². The van der Waals surface area contributed by atoms with E-state index in [4.69, 9.17) is 18.0 Å². The fraction of sp³-hybridized carbons (Fsp3) is 0.636. The minimum absolute atomic E-state index is 0.0284. The maximum absolute atomic E-state index is 12.5. The van der Waals surface area contributed by atoms with Gasteiger partial charge in [0.15, 0.2) is 0 Å². The Bertz CT molecular complexity index is 837. The summed E-state index contributed by atoms with van der Waals surface area (Å²) in [4.78, 5) is 14.9. The summed E-state index contributed by atoms with van der Waals surface area (Å²) in [6.07, 6.45) is 5.45. The number of likely N-dealkylation sites (N-methyl/N-ethyl adjacent to an activating group) is 1. The Morgan fingerprint density at radius 1 is 1.39 bits per heavy atom. The number of carbonyl (C=O) groups is 1. The molecule has 2 fully saturated rings. The Morgan fingerprint density at radius 2 is 2.11 bits per heavy atom. The van der Waals surface area contributed by atoms with Gasteiger partial charge in [-0.25, -0.2) is 0 Å². The summed E-state index contributed by atoms with van der Waals surface area (Å²) in [5.74, 6) is 0.845. The van der Waals surface area contributed by atoms with Gasteiger partial charge in [-0.05, 0) is 50.3 Å². The van der Waals surface area contributed by atoms with Crippen molar-refractivity contribution in [1.29, 1.82) is 0 Å². The molecule has 0 aromatic heterocycles. The van der Waals surface area contributed by atoms with Gasteiger partial charge in [-0.1, -0.05) is 31.6 Å². The molecule has 1 aromatic rings. The monoisotopic (exact) mass is 402 g/mol. The smallest absolute Gasteiger partial charge is 0.134 e. The first-order valence-corrected chi connectivity index (χ1v) is 10.7. The average Bonchev–Trinajstić information content (AvgIpc) is 2.58. The number of phenolic OH excluding ortho intramolecular Hbond substituents is 1. The van der Waals surface area contributed by atoms with Gasteiger partial charge in [0.1, 0.15) is 16.5 Å². The zero-order valence-corrected chi connectivity index (χ0v) is 17.5. The number of thiocarbonyl (C=S) groups is 1. The Hall–Kier alpha value is -1.50. The Morgan fingerprint density at radius 3 is 2.71 bits per heavy atom. The van der Waals surface area contributed by atoms with E-state index in [2.05, 4.69) is 11.9 Å². The maximum atomic E-state index is 12.5. The first-order chi connectivity index (χ1) is 13.2. The number of Topliss-reactive ketones (excluding diaryl/α,β-unsaturated/α-hetero) is 1. The molecule has 0 saturated heterocycles. The lowest BCUT2D eigenvalue weighted by atomic mass is 9.52. The second-order valence-electron chi connectivity index (χ2n) is 9.29. The van der Waals surface area contributed by atoms with E-state index in [1.807, 2.05) is 13.0 Å². The summed E-state index contributed by atoms with van der Waals surface area (Å²) >= 11 is 5.10. The standard InChI is InChI=1S/C22H30N2O3S/c1-21-11-15(25)8-9-22(21,27)17(24(2)12-13-4-3-5-13)10-14-6-7-16(20(23)28)19(26)18(14)21/h6-7,13,17,26-27H,3-5,8-12H2,1-2H3,(H2,23,28)/t17-,21?,22-/m1/s1. The van der Waals surface area contributed by atoms with Crippen molar-refractivity contribution < 1.29 is 15.0 Å². The Balaban J connectivity index is 1.83. The number of phenols is 1. The molecule has 3 aliphatic rings. The highest BCUT2D eigenvalue weighted by Gasteiger charge is 2.61. The van der Waals surface area contributed by atoms with Crippen LogP contribution in [0.5, 0.6) is 5.75 Å². The van der Waals surface area contributed by atoms with Crippen LogP contribution in [0.2, 0.25) is 0 Å². The maximum Gasteiger partial charge on any atom is 0.134 e. The number of benzene rings is 1. The molecule has 0 bridgehead atoms. The molecule has 0 radical (unpaired) electrons. The van der Waals surface area contributed by atoms with Crippen molar-refractivity contribution in [2.24, 2.45) is 11.7 Å². The third kappa shape index (κ3) is 2.80. The van der Waals surface area contributed by atoms with E-state index in [1.165, 1.54) is 19.3 Å². The van der Waals surface area contributed by atoms with Crippen LogP contribution in [0.25, 0.3) is 0 Å². The van der Waals surface area contributed by atoms with Crippen LogP contribution in [0.15, 0.2) is 12.1 Å². The number of rotatable bonds is 4. The molecule has 0 aliphatic heterocycles. The highest BCUT2D eigenvalue weighted by atomic mass is 32.1. The second-order valence-corrected chi connectivity index (χ2v) is 9.73. The predicted molar refractivity (Wildman–Crippen MR) is 113 cm³/mol. The lowest BCUT2D eigenvalue weighted by Crippen LogP contribution is -2.68. The first-order valence-electron chi connectivity index (χ1n) is 10.3. The van der Waals surface area contributed by atoms with Crippen molar-refractivity contribution in [3.63, 3.8) is 0 Å². The van der Waals surface area contributed by atoms with E-state index in [9.17, 15) is 15.0 Å². The van der Waals surface area contributed by atoms with Crippen LogP contribution in [0, 0.1) is 5.92 Å². The molecule has 2 saturated carbocycles. The van der Waals surface area contributed by atoms with Gasteiger partial charge in [0.05, 0.1) is 11.2 Å². The van der Waals surface area contributed by atoms with Crippen LogP contribution in [-0.2, 0) is 16.6 Å². The number of hydrogen-bond donors (Lipinski definition) is 3. The van der Waals surface area contributed by atoms with Gasteiger partial charge in [-0.15, -0.1) is 0 Å². The van der Waals surface area contributed by atoms with Gasteiger partial charge in [0, 0.05) is 36.4 Å². The summed E-state index contributed by atoms with van der Waals surface area (Å²) in [7, 11) is 2.09. The van der Waals surface area contributed by atoms with Crippen molar-refractivity contribution >= 4 is 23.0 Å². The van der Waals surface area contributed by atoms with Crippen LogP contribution in [0.3, 0.4) is 0 Å². The number of carbonyl (C=O) groups excluding carboxylic acids is 1. The Labute approximate surface area is 171 Å². The van der Waals surface area contributed by atoms with E-state index in [-0.39, 0.29) is 29.0 Å². The summed E-state index contributed by atoms with van der Waals surface area (Å²) < 4.78 is 0. The minimum Gasteiger partial charge on any atom is -0.507 e. The van der Waals surface area contributed by atoms with E-state index >= 15 is 0 Å². The van der Waals surface area contributed by atoms with Crippen molar-refractivity contribution in [3.05, 3.63) is 28.8 Å². The number of ketones is 1. The molecule has 6 heteroatoms. The average molecular weight is 403 g/mol. The van der Waals surface area contributed by atoms with Crippen LogP contribution < -0.4 is 5.73 Å². The molecule has 3 aliphatic carbocycles. The highest BCUT2D eigenvalue weighted by Crippen LogP contribution is 2.55. The molecule has 5 nitrogen and oxygen atoms in total. The lowest BCUT2D eigenvalue weighted by molar-refractivity contribution is -0.149. The number of fused-ring (bicyclic) bond motifs is 3. The zero-order valence-electron chi connectivity index (χ0n) is 16.7. The molecule has 0 amide bonds. The number of aromatic hydroxyl groups is 1. The first kappa shape index (κ1) is 19.8. The van der Waals surface area contributed by atoms with Crippen LogP contribution in [0.1, 0.15) is 62.1 Å². The molecule has 1 aromatic carbocycles. The molecule has 4 N–H and O–H groups in total. The number of nitrogens with zero attached hydrogens (tertiary/aromatic N) is 1. The van der Waals surface area contributed by atoms with E-state index in [0.717, 1.165) is 12.1 Å². The van der Waals surface area contributed by atoms with E-state index in [0.29, 0.717) is 36.3 Å². The zero-order chi connectivity index (χ0) is 20.3. The van der Waals surface area contributed by atoms with Crippen molar-refractivity contribution in [2.45, 2.75) is 68.9 Å². The normalized spacial score (nSPS) is 32.6. The van der Waals surface area contributed by atoms with Gasteiger partial charge in [0.25, 0.3) is 0 Å². The summed E-state index contributed by atoms with van der Waals surface area (Å²) in [5, 5.41) is 23.1. The SMILES string of the molecule is CN(CC1CCC1)[C@@H]1Cc2ccc(C(N)=S)c(O)c2C2(C)CC(=O)CC[C@@]12O. The fourth-order valence-electron chi connectivity index (χ4n) is 5.81. The van der Waals surface area contributed by atoms with E-state index < -0.39 is 11.0 Å². The summed E-state index contributed by atoms with van der Waals surface area (Å²) in [6, 6.07) is 3.63. The predicted octanol–water partition coefficient (Wildman–Crippen LogP) is 2.42. The summed E-state index contributed by atoms with van der Waals surface area (Å²) in [6.45, 7) is 2.89. The lowest BCUT2D eigenvalue weighted by Gasteiger charge is -2.58. The number of hydrogen-bond acceptors (Lipinski definition) is 5. The Kier molecular flexibility index (Phi) is 4.80. The number of aliphatic hydroxyl groups is 1. The third-order valence-corrected chi connectivity index (χ3v) is 7.86. The van der Waals surface area contributed by atoms with Gasteiger partial charge >= 0.3 is 0 Å². The van der Waals surface area contributed by atoms with Crippen molar-refractivity contribution in [2.75, 3.05) is 13.6 Å². The van der Waals surface area contributed by atoms with Crippen LogP contribution >= 0.6 is 12.2 Å². The molecular weight excluding hydrogens is 372 g/mol. The molecular formula is C22H30N2O3S. The molecule has 0 spiro atoms. The van der Waals surface area contributed by atoms with Crippen LogP contribution in [-0.4, -0.2) is 51.1 Å². The quantitative estimate of drug-likeness (QED) is 0.671. The summed E-state index contributed by atoms with van der Waals surface area (Å²) in [5.41, 5.74) is 5.90. The minimum atomic E-state index is -1.08. The van der Waals surface area contributed by atoms with Crippen LogP contribution in [0.4, 0.5) is 0 Å². The largest absolute Gasteiger partial charge is 0.507 e. The molecule has 4 rings (SSSR count).